The van der Waals surface area contributed by atoms with Crippen LogP contribution in [0.5, 0.6) is 0 Å². The molecule has 3 aromatic carbocycles. The number of likely N-dealkylation sites (N-methyl/N-ethyl adjacent to an activating group) is 1. The number of hydrogen-bond donors (Lipinski definition) is 3. The Morgan fingerprint density at radius 2 is 1.60 bits per heavy atom. The topological polar surface area (TPSA) is 126 Å². The number of amides is 2. The molecule has 42 heavy (non-hydrogen) atoms. The fourth-order valence-corrected chi connectivity index (χ4v) is 5.39. The van der Waals surface area contributed by atoms with E-state index in [1.807, 2.05) is 78.7 Å². The van der Waals surface area contributed by atoms with Gasteiger partial charge in [-0.25, -0.2) is 9.59 Å². The number of benzene rings is 3. The van der Waals surface area contributed by atoms with Crippen molar-refractivity contribution in [2.75, 3.05) is 20.2 Å². The Morgan fingerprint density at radius 3 is 2.24 bits per heavy atom. The van der Waals surface area contributed by atoms with Crippen LogP contribution in [-0.2, 0) is 29.7 Å². The van der Waals surface area contributed by atoms with Crippen molar-refractivity contribution in [1.29, 1.82) is 0 Å². The highest BCUT2D eigenvalue weighted by Gasteiger charge is 2.30. The summed E-state index contributed by atoms with van der Waals surface area (Å²) in [4.78, 5) is 39.9. The fourth-order valence-electron chi connectivity index (χ4n) is 5.39. The number of aromatic nitrogens is 2. The minimum absolute atomic E-state index is 0.0000377. The molecule has 1 aromatic heterocycles. The van der Waals surface area contributed by atoms with Gasteiger partial charge in [-0.15, -0.1) is 0 Å². The highest BCUT2D eigenvalue weighted by molar-refractivity contribution is 5.89. The third-order valence-corrected chi connectivity index (χ3v) is 7.46. The summed E-state index contributed by atoms with van der Waals surface area (Å²) < 4.78 is 7.10. The lowest BCUT2D eigenvalue weighted by atomic mass is 9.98. The Bertz CT molecular complexity index is 1540. The average Bonchev–Trinajstić information content (AvgIpc) is 3.52. The number of alkyl carbamates (subject to hydrolysis) is 1. The number of ether oxygens (including phenoxy) is 1. The molecule has 0 saturated heterocycles. The Labute approximate surface area is 243 Å². The molecule has 0 aliphatic heterocycles. The molecular formula is C32H33N5O5. The molecule has 3 N–H and O–H groups in total. The number of rotatable bonds is 11. The van der Waals surface area contributed by atoms with E-state index in [1.54, 1.807) is 7.05 Å². The second-order valence-corrected chi connectivity index (χ2v) is 10.4. The first kappa shape index (κ1) is 28.6. The van der Waals surface area contributed by atoms with Crippen LogP contribution in [0.1, 0.15) is 38.7 Å². The number of nitrogens with zero attached hydrogens (tertiary/aromatic N) is 3. The van der Waals surface area contributed by atoms with Crippen LogP contribution in [0.15, 0.2) is 85.1 Å². The van der Waals surface area contributed by atoms with Crippen molar-refractivity contribution < 1.29 is 24.2 Å². The lowest BCUT2D eigenvalue weighted by Crippen LogP contribution is -2.52. The lowest BCUT2D eigenvalue weighted by Gasteiger charge is -2.25. The number of carboxylic acids is 1. The molecular weight excluding hydrogens is 534 g/mol. The molecule has 5 rings (SSSR count). The molecule has 1 atom stereocenters. The zero-order valence-corrected chi connectivity index (χ0v) is 23.5. The number of nitrogens with one attached hydrogen (secondary N) is 2. The molecule has 1 unspecified atom stereocenters. The van der Waals surface area contributed by atoms with Crippen molar-refractivity contribution in [1.82, 2.24) is 25.3 Å². The van der Waals surface area contributed by atoms with Gasteiger partial charge in [-0.3, -0.25) is 14.4 Å². The zero-order chi connectivity index (χ0) is 29.6. The molecule has 0 bridgehead atoms. The highest BCUT2D eigenvalue weighted by Crippen LogP contribution is 2.44. The fraction of sp³-hybridized carbons (Fsp3) is 0.250. The quantitative estimate of drug-likeness (QED) is 0.252. The lowest BCUT2D eigenvalue weighted by molar-refractivity contribution is -0.123. The van der Waals surface area contributed by atoms with E-state index in [4.69, 9.17) is 4.74 Å². The van der Waals surface area contributed by atoms with Crippen LogP contribution in [0, 0.1) is 0 Å². The van der Waals surface area contributed by atoms with E-state index >= 15 is 0 Å². The number of aryl methyl sites for hydroxylation is 1. The third kappa shape index (κ3) is 6.34. The maximum atomic E-state index is 13.4. The Kier molecular flexibility index (Phi) is 8.63. The number of carboxylic acid groups (broad SMARTS) is 1. The summed E-state index contributed by atoms with van der Waals surface area (Å²) in [6.07, 6.45) is 0.529. The van der Waals surface area contributed by atoms with Gasteiger partial charge < -0.3 is 20.5 Å². The largest absolute Gasteiger partial charge is 0.478 e. The molecule has 4 aromatic rings. The highest BCUT2D eigenvalue weighted by atomic mass is 16.5. The van der Waals surface area contributed by atoms with E-state index in [0.29, 0.717) is 12.2 Å². The zero-order valence-electron chi connectivity index (χ0n) is 23.5. The summed E-state index contributed by atoms with van der Waals surface area (Å²) >= 11 is 0. The molecule has 1 aliphatic carbocycles. The van der Waals surface area contributed by atoms with Crippen molar-refractivity contribution in [3.05, 3.63) is 113 Å². The Morgan fingerprint density at radius 1 is 0.976 bits per heavy atom. The second-order valence-electron chi connectivity index (χ2n) is 10.4. The maximum absolute atomic E-state index is 13.4. The van der Waals surface area contributed by atoms with Gasteiger partial charge in [0.25, 0.3) is 0 Å². The summed E-state index contributed by atoms with van der Waals surface area (Å²) in [5, 5.41) is 18.9. The SMILES string of the molecule is CN(Cc1ccccc1)CC(NC(=O)OCC1c2ccccc2-c2ccccc21)C(=O)NCc1c(C(=O)O)cnn1C. The van der Waals surface area contributed by atoms with Crippen molar-refractivity contribution in [3.63, 3.8) is 0 Å². The molecule has 0 fully saturated rings. The summed E-state index contributed by atoms with van der Waals surface area (Å²) in [6.45, 7) is 0.803. The summed E-state index contributed by atoms with van der Waals surface area (Å²) in [5.41, 5.74) is 5.83. The van der Waals surface area contributed by atoms with Crippen LogP contribution in [0.25, 0.3) is 11.1 Å². The average molecular weight is 568 g/mol. The number of carbonyl (C=O) groups is 3. The van der Waals surface area contributed by atoms with Crippen LogP contribution in [-0.4, -0.2) is 64.0 Å². The van der Waals surface area contributed by atoms with Gasteiger partial charge in [-0.05, 0) is 34.9 Å². The van der Waals surface area contributed by atoms with Crippen molar-refractivity contribution in [2.45, 2.75) is 25.0 Å². The second kappa shape index (κ2) is 12.7. The van der Waals surface area contributed by atoms with Gasteiger partial charge in [0, 0.05) is 26.1 Å². The van der Waals surface area contributed by atoms with Crippen LogP contribution in [0.3, 0.4) is 0 Å². The Balaban J connectivity index is 1.27. The number of aromatic carboxylic acids is 1. The minimum atomic E-state index is -1.14. The van der Waals surface area contributed by atoms with E-state index in [2.05, 4.69) is 27.9 Å². The number of hydrogen-bond acceptors (Lipinski definition) is 6. The molecule has 1 heterocycles. The molecule has 216 valence electrons. The van der Waals surface area contributed by atoms with Gasteiger partial charge >= 0.3 is 12.1 Å². The van der Waals surface area contributed by atoms with E-state index in [-0.39, 0.29) is 31.2 Å². The first-order valence-corrected chi connectivity index (χ1v) is 13.7. The minimum Gasteiger partial charge on any atom is -0.478 e. The van der Waals surface area contributed by atoms with Gasteiger partial charge in [0.05, 0.1) is 18.4 Å². The van der Waals surface area contributed by atoms with Crippen LogP contribution < -0.4 is 10.6 Å². The summed E-state index contributed by atoms with van der Waals surface area (Å²) in [6, 6.07) is 25.0. The van der Waals surface area contributed by atoms with Crippen LogP contribution in [0.2, 0.25) is 0 Å². The summed E-state index contributed by atoms with van der Waals surface area (Å²) in [7, 11) is 3.46. The number of carbonyl (C=O) groups excluding carboxylic acids is 2. The first-order valence-electron chi connectivity index (χ1n) is 13.7. The van der Waals surface area contributed by atoms with Gasteiger partial charge in [0.15, 0.2) is 0 Å². The van der Waals surface area contributed by atoms with Gasteiger partial charge in [0.1, 0.15) is 18.2 Å². The normalized spacial score (nSPS) is 12.8. The van der Waals surface area contributed by atoms with E-state index in [9.17, 15) is 19.5 Å². The van der Waals surface area contributed by atoms with Crippen molar-refractivity contribution >= 4 is 18.0 Å². The molecule has 10 nitrogen and oxygen atoms in total. The molecule has 0 radical (unpaired) electrons. The van der Waals surface area contributed by atoms with Gasteiger partial charge in [-0.2, -0.15) is 5.10 Å². The summed E-state index contributed by atoms with van der Waals surface area (Å²) in [5.74, 6) is -1.72. The van der Waals surface area contributed by atoms with Crippen molar-refractivity contribution in [2.24, 2.45) is 7.05 Å². The first-order chi connectivity index (χ1) is 20.3. The molecule has 1 aliphatic rings. The standard InChI is InChI=1S/C32H33N5O5/c1-36(18-21-10-4-3-5-11-21)19-28(30(38)33-17-29-26(31(39)40)16-34-37(29)2)35-32(41)42-20-27-24-14-8-6-12-22(24)23-13-7-9-15-25(23)27/h3-16,27-28H,17-20H2,1-2H3,(H,33,38)(H,35,41)(H,39,40). The predicted molar refractivity (Wildman–Crippen MR) is 157 cm³/mol. The predicted octanol–water partition coefficient (Wildman–Crippen LogP) is 3.77. The van der Waals surface area contributed by atoms with E-state index in [1.165, 1.54) is 10.9 Å². The van der Waals surface area contributed by atoms with Crippen LogP contribution in [0.4, 0.5) is 4.79 Å². The number of fused-ring (bicyclic) bond motifs is 3. The van der Waals surface area contributed by atoms with Gasteiger partial charge in [-0.1, -0.05) is 78.9 Å². The molecule has 10 heteroatoms. The van der Waals surface area contributed by atoms with E-state index in [0.717, 1.165) is 27.8 Å². The van der Waals surface area contributed by atoms with Gasteiger partial charge in [0.2, 0.25) is 5.91 Å². The molecule has 0 spiro atoms. The smallest absolute Gasteiger partial charge is 0.407 e. The molecule has 2 amide bonds. The Hall–Kier alpha value is -4.96. The third-order valence-electron chi connectivity index (χ3n) is 7.46. The van der Waals surface area contributed by atoms with Crippen LogP contribution >= 0.6 is 0 Å². The van der Waals surface area contributed by atoms with Crippen molar-refractivity contribution in [3.8, 4) is 11.1 Å². The monoisotopic (exact) mass is 567 g/mol. The molecule has 0 saturated carbocycles. The maximum Gasteiger partial charge on any atom is 0.407 e. The van der Waals surface area contributed by atoms with E-state index < -0.39 is 24.0 Å².